The molecule has 1 unspecified atom stereocenters. The van der Waals surface area contributed by atoms with E-state index in [0.717, 1.165) is 32.1 Å². The van der Waals surface area contributed by atoms with Gasteiger partial charge in [-0.25, -0.2) is 0 Å². The fourth-order valence-corrected chi connectivity index (χ4v) is 4.17. The van der Waals surface area contributed by atoms with Crippen LogP contribution in [-0.2, 0) is 10.8 Å². The Morgan fingerprint density at radius 2 is 2.00 bits per heavy atom. The van der Waals surface area contributed by atoms with E-state index < -0.39 is 10.8 Å². The number of hydrogen-bond donors (Lipinski definition) is 1. The first-order valence-electron chi connectivity index (χ1n) is 8.04. The Kier molecular flexibility index (Phi) is 9.00. The molecule has 1 aromatic heterocycles. The number of guanidine groups is 1. The van der Waals surface area contributed by atoms with Crippen LogP contribution in [0.25, 0.3) is 0 Å². The predicted molar refractivity (Wildman–Crippen MR) is 118 cm³/mol. The second-order valence-corrected chi connectivity index (χ2v) is 9.81. The lowest BCUT2D eigenvalue weighted by Crippen LogP contribution is -2.53. The summed E-state index contributed by atoms with van der Waals surface area (Å²) in [5, 5.41) is 6.82. The molecule has 1 aromatic rings. The smallest absolute Gasteiger partial charge is 0.193 e. The zero-order valence-corrected chi connectivity index (χ0v) is 18.9. The average Bonchev–Trinajstić information content (AvgIpc) is 3.05. The SMILES string of the molecule is CN=C(NCCS(=O)C(C)(C)C)N1CCN(c2cccs2)CC1.I. The lowest BCUT2D eigenvalue weighted by atomic mass is 10.3. The molecule has 2 heterocycles. The number of thiophene rings is 1. The minimum absolute atomic E-state index is 0. The molecule has 24 heavy (non-hydrogen) atoms. The number of nitrogens with one attached hydrogen (secondary N) is 1. The molecular weight excluding hydrogens is 455 g/mol. The van der Waals surface area contributed by atoms with Gasteiger partial charge >= 0.3 is 0 Å². The summed E-state index contributed by atoms with van der Waals surface area (Å²) in [5.41, 5.74) is 0. The van der Waals surface area contributed by atoms with Crippen molar-refractivity contribution in [3.63, 3.8) is 0 Å². The molecule has 1 saturated heterocycles. The van der Waals surface area contributed by atoms with E-state index in [-0.39, 0.29) is 28.7 Å². The second kappa shape index (κ2) is 9.96. The van der Waals surface area contributed by atoms with Gasteiger partial charge in [0.05, 0.1) is 5.00 Å². The Balaban J connectivity index is 0.00000288. The van der Waals surface area contributed by atoms with E-state index in [1.165, 1.54) is 5.00 Å². The lowest BCUT2D eigenvalue weighted by Gasteiger charge is -2.37. The van der Waals surface area contributed by atoms with E-state index in [1.54, 1.807) is 11.3 Å². The summed E-state index contributed by atoms with van der Waals surface area (Å²) in [6, 6.07) is 4.28. The fourth-order valence-electron chi connectivity index (χ4n) is 2.48. The first kappa shape index (κ1) is 21.7. The number of piperazine rings is 1. The van der Waals surface area contributed by atoms with Gasteiger partial charge in [-0.15, -0.1) is 35.3 Å². The minimum Gasteiger partial charge on any atom is -0.360 e. The molecule has 0 radical (unpaired) electrons. The lowest BCUT2D eigenvalue weighted by molar-refractivity contribution is 0.374. The summed E-state index contributed by atoms with van der Waals surface area (Å²) in [6.07, 6.45) is 0. The topological polar surface area (TPSA) is 47.9 Å². The van der Waals surface area contributed by atoms with Crippen molar-refractivity contribution in [1.29, 1.82) is 0 Å². The van der Waals surface area contributed by atoms with Crippen LogP contribution in [0.2, 0.25) is 0 Å². The molecule has 0 amide bonds. The van der Waals surface area contributed by atoms with Crippen molar-refractivity contribution in [2.45, 2.75) is 25.5 Å². The maximum atomic E-state index is 12.1. The van der Waals surface area contributed by atoms with Gasteiger partial charge in [0.25, 0.3) is 0 Å². The van der Waals surface area contributed by atoms with Gasteiger partial charge in [-0.1, -0.05) is 0 Å². The first-order valence-corrected chi connectivity index (χ1v) is 10.2. The van der Waals surface area contributed by atoms with Gasteiger partial charge < -0.3 is 15.1 Å². The van der Waals surface area contributed by atoms with E-state index in [1.807, 2.05) is 27.8 Å². The molecule has 0 aliphatic carbocycles. The molecule has 138 valence electrons. The third-order valence-electron chi connectivity index (χ3n) is 3.86. The van der Waals surface area contributed by atoms with E-state index in [9.17, 15) is 4.21 Å². The Morgan fingerprint density at radius 3 is 2.50 bits per heavy atom. The van der Waals surface area contributed by atoms with Crippen molar-refractivity contribution in [1.82, 2.24) is 10.2 Å². The molecule has 0 spiro atoms. The van der Waals surface area contributed by atoms with Crippen LogP contribution >= 0.6 is 35.3 Å². The number of halogens is 1. The third kappa shape index (κ3) is 6.18. The number of hydrogen-bond acceptors (Lipinski definition) is 4. The van der Waals surface area contributed by atoms with E-state index in [0.29, 0.717) is 12.3 Å². The van der Waals surface area contributed by atoms with Crippen molar-refractivity contribution in [3.05, 3.63) is 17.5 Å². The summed E-state index contributed by atoms with van der Waals surface area (Å²) in [7, 11) is 0.985. The summed E-state index contributed by atoms with van der Waals surface area (Å²) < 4.78 is 11.9. The molecule has 2 rings (SSSR count). The van der Waals surface area contributed by atoms with Crippen LogP contribution in [0.3, 0.4) is 0 Å². The molecule has 5 nitrogen and oxygen atoms in total. The Bertz CT molecular complexity index is 535. The standard InChI is InChI=1S/C16H28N4OS2.HI/c1-16(2,3)23(21)13-7-18-15(17-4)20-10-8-19(9-11-20)14-6-5-12-22-14;/h5-6,12H,7-11,13H2,1-4H3,(H,17,18);1H. The van der Waals surface area contributed by atoms with Crippen LogP contribution in [0, 0.1) is 0 Å². The molecule has 0 aromatic carbocycles. The second-order valence-electron chi connectivity index (χ2n) is 6.56. The quantitative estimate of drug-likeness (QED) is 0.406. The predicted octanol–water partition coefficient (Wildman–Crippen LogP) is 2.61. The zero-order valence-electron chi connectivity index (χ0n) is 14.9. The Morgan fingerprint density at radius 1 is 1.33 bits per heavy atom. The average molecular weight is 484 g/mol. The van der Waals surface area contributed by atoms with Gasteiger partial charge in [0, 0.05) is 61.1 Å². The van der Waals surface area contributed by atoms with Gasteiger partial charge in [0.2, 0.25) is 0 Å². The molecule has 0 bridgehead atoms. The van der Waals surface area contributed by atoms with E-state index in [2.05, 4.69) is 37.6 Å². The highest BCUT2D eigenvalue weighted by molar-refractivity contribution is 14.0. The van der Waals surface area contributed by atoms with Crippen LogP contribution < -0.4 is 10.2 Å². The summed E-state index contributed by atoms with van der Waals surface area (Å²) in [6.45, 7) is 10.7. The van der Waals surface area contributed by atoms with Crippen molar-refractivity contribution >= 4 is 57.1 Å². The maximum Gasteiger partial charge on any atom is 0.193 e. The number of aliphatic imine (C=N–C) groups is 1. The number of anilines is 1. The van der Waals surface area contributed by atoms with Gasteiger partial charge in [-0.2, -0.15) is 0 Å². The van der Waals surface area contributed by atoms with Gasteiger partial charge in [-0.05, 0) is 38.3 Å². The number of nitrogens with zero attached hydrogens (tertiary/aromatic N) is 3. The maximum absolute atomic E-state index is 12.1. The van der Waals surface area contributed by atoms with Crippen LogP contribution in [-0.4, -0.2) is 65.3 Å². The van der Waals surface area contributed by atoms with Gasteiger partial charge in [0.1, 0.15) is 0 Å². The van der Waals surface area contributed by atoms with E-state index >= 15 is 0 Å². The van der Waals surface area contributed by atoms with Crippen LogP contribution in [0.5, 0.6) is 0 Å². The highest BCUT2D eigenvalue weighted by Gasteiger charge is 2.21. The third-order valence-corrected chi connectivity index (χ3v) is 6.73. The van der Waals surface area contributed by atoms with Gasteiger partial charge in [-0.3, -0.25) is 9.20 Å². The van der Waals surface area contributed by atoms with Gasteiger partial charge in [0.15, 0.2) is 5.96 Å². The Labute approximate surface area is 169 Å². The molecule has 1 aliphatic rings. The van der Waals surface area contributed by atoms with E-state index in [4.69, 9.17) is 0 Å². The Hall–Kier alpha value is -0.350. The molecule has 1 aliphatic heterocycles. The summed E-state index contributed by atoms with van der Waals surface area (Å²) >= 11 is 1.79. The summed E-state index contributed by atoms with van der Waals surface area (Å²) in [5.74, 6) is 1.57. The molecule has 1 N–H and O–H groups in total. The molecule has 1 atom stereocenters. The molecule has 8 heteroatoms. The normalized spacial score (nSPS) is 17.4. The van der Waals surface area contributed by atoms with Crippen LogP contribution in [0.1, 0.15) is 20.8 Å². The molecule has 0 saturated carbocycles. The highest BCUT2D eigenvalue weighted by atomic mass is 127. The number of rotatable bonds is 4. The van der Waals surface area contributed by atoms with Crippen LogP contribution in [0.4, 0.5) is 5.00 Å². The highest BCUT2D eigenvalue weighted by Crippen LogP contribution is 2.22. The minimum atomic E-state index is -0.830. The molecular formula is C16H29IN4OS2. The molecule has 1 fully saturated rings. The first-order chi connectivity index (χ1) is 10.9. The fraction of sp³-hybridized carbons (Fsp3) is 0.688. The van der Waals surface area contributed by atoms with Crippen molar-refractivity contribution in [3.8, 4) is 0 Å². The van der Waals surface area contributed by atoms with Crippen molar-refractivity contribution in [2.24, 2.45) is 4.99 Å². The van der Waals surface area contributed by atoms with Crippen molar-refractivity contribution < 1.29 is 4.21 Å². The summed E-state index contributed by atoms with van der Waals surface area (Å²) in [4.78, 5) is 9.08. The van der Waals surface area contributed by atoms with Crippen LogP contribution in [0.15, 0.2) is 22.5 Å². The monoisotopic (exact) mass is 484 g/mol. The van der Waals surface area contributed by atoms with Crippen molar-refractivity contribution in [2.75, 3.05) is 50.4 Å². The largest absolute Gasteiger partial charge is 0.360 e. The zero-order chi connectivity index (χ0) is 16.9.